The molecule has 1 aliphatic heterocycles. The molecule has 0 fully saturated rings. The van der Waals surface area contributed by atoms with Gasteiger partial charge in [0.15, 0.2) is 11.6 Å². The number of aromatic nitrogens is 2. The number of hydrogen-bond donors (Lipinski definition) is 2. The van der Waals surface area contributed by atoms with Crippen LogP contribution in [0.25, 0.3) is 11.3 Å². The number of nitrogens with one attached hydrogen (secondary N) is 1. The second kappa shape index (κ2) is 11.4. The summed E-state index contributed by atoms with van der Waals surface area (Å²) in [5.74, 6) is -1.67. The molecule has 4 rings (SSSR count). The molecule has 0 saturated heterocycles. The van der Waals surface area contributed by atoms with Crippen LogP contribution in [-0.2, 0) is 10.2 Å². The third kappa shape index (κ3) is 6.53. The zero-order valence-corrected chi connectivity index (χ0v) is 24.7. The number of nitrogens with zero attached hydrogens (tertiary/aromatic N) is 3. The van der Waals surface area contributed by atoms with Crippen LogP contribution in [0.5, 0.6) is 11.5 Å². The van der Waals surface area contributed by atoms with Gasteiger partial charge < -0.3 is 30.2 Å². The van der Waals surface area contributed by atoms with E-state index in [1.54, 1.807) is 34.7 Å². The van der Waals surface area contributed by atoms with Crippen molar-refractivity contribution >= 4 is 23.5 Å². The number of benzene rings is 2. The normalized spacial score (nSPS) is 13.6. The van der Waals surface area contributed by atoms with Crippen LogP contribution in [0.3, 0.4) is 0 Å². The SMILES string of the molecule is Cc1c(NC(=O)c2cc3c(cc2F)C(C)(C)CO3)cc(F)cc1-c1ncnc(N)c1OCCN(C)C(=O)OC(C)(C)C. The first kappa shape index (κ1) is 30.5. The molecular formula is C30H35F2N5O5. The standard InChI is InChI=1S/C30H35F2N5O5/c1-16-18(24-25(26(33)35-15-34-24)40-9-8-37(7)28(39)42-29(2,3)4)10-17(31)11-22(16)36-27(38)19-12-23-20(13-21(19)32)30(5,6)14-41-23/h10-13,15H,8-9,14H2,1-7H3,(H,36,38)(H2,33,34,35). The summed E-state index contributed by atoms with van der Waals surface area (Å²) in [6.07, 6.45) is 0.675. The smallest absolute Gasteiger partial charge is 0.410 e. The summed E-state index contributed by atoms with van der Waals surface area (Å²) in [5, 5.41) is 2.61. The fourth-order valence-electron chi connectivity index (χ4n) is 4.39. The van der Waals surface area contributed by atoms with Gasteiger partial charge in [0.2, 0.25) is 0 Å². The molecule has 2 heterocycles. The van der Waals surface area contributed by atoms with Crippen molar-refractivity contribution in [3.63, 3.8) is 0 Å². The molecule has 0 atom stereocenters. The highest BCUT2D eigenvalue weighted by molar-refractivity contribution is 6.05. The van der Waals surface area contributed by atoms with Crippen molar-refractivity contribution in [3.8, 4) is 22.8 Å². The van der Waals surface area contributed by atoms with Gasteiger partial charge in [0.25, 0.3) is 5.91 Å². The zero-order valence-electron chi connectivity index (χ0n) is 24.7. The van der Waals surface area contributed by atoms with Crippen LogP contribution in [0.15, 0.2) is 30.6 Å². The van der Waals surface area contributed by atoms with Gasteiger partial charge in [-0.1, -0.05) is 13.8 Å². The monoisotopic (exact) mass is 583 g/mol. The van der Waals surface area contributed by atoms with Crippen molar-refractivity contribution in [3.05, 3.63) is 58.9 Å². The summed E-state index contributed by atoms with van der Waals surface area (Å²) >= 11 is 0. The van der Waals surface area contributed by atoms with Crippen LogP contribution < -0.4 is 20.5 Å². The number of hydrogen-bond acceptors (Lipinski definition) is 8. The molecule has 3 N–H and O–H groups in total. The van der Waals surface area contributed by atoms with Crippen molar-refractivity contribution in [2.45, 2.75) is 52.6 Å². The molecule has 0 spiro atoms. The molecule has 12 heteroatoms. The van der Waals surface area contributed by atoms with Crippen LogP contribution in [0.1, 0.15) is 56.1 Å². The number of nitrogen functional groups attached to an aromatic ring is 1. The summed E-state index contributed by atoms with van der Waals surface area (Å²) in [4.78, 5) is 35.0. The summed E-state index contributed by atoms with van der Waals surface area (Å²) in [5.41, 5.74) is 6.46. The molecule has 0 saturated carbocycles. The first-order chi connectivity index (χ1) is 19.6. The Hall–Kier alpha value is -4.48. The second-order valence-electron chi connectivity index (χ2n) is 11.8. The van der Waals surface area contributed by atoms with Crippen molar-refractivity contribution < 1.29 is 32.6 Å². The Morgan fingerprint density at radius 3 is 2.57 bits per heavy atom. The third-order valence-electron chi connectivity index (χ3n) is 6.72. The first-order valence-corrected chi connectivity index (χ1v) is 13.3. The lowest BCUT2D eigenvalue weighted by atomic mass is 9.86. The molecule has 2 amide bonds. The molecule has 224 valence electrons. The molecule has 1 aromatic heterocycles. The average Bonchev–Trinajstić information content (AvgIpc) is 3.18. The molecular weight excluding hydrogens is 548 g/mol. The van der Waals surface area contributed by atoms with E-state index in [-0.39, 0.29) is 52.6 Å². The van der Waals surface area contributed by atoms with Gasteiger partial charge in [0.05, 0.1) is 18.7 Å². The highest BCUT2D eigenvalue weighted by Crippen LogP contribution is 2.40. The van der Waals surface area contributed by atoms with E-state index in [1.165, 1.54) is 29.4 Å². The fraction of sp³-hybridized carbons (Fsp3) is 0.400. The van der Waals surface area contributed by atoms with Gasteiger partial charge in [-0.15, -0.1) is 0 Å². The van der Waals surface area contributed by atoms with Gasteiger partial charge in [-0.05, 0) is 57.5 Å². The van der Waals surface area contributed by atoms with Crippen LogP contribution >= 0.6 is 0 Å². The number of carbonyl (C=O) groups excluding carboxylic acids is 2. The van der Waals surface area contributed by atoms with Crippen molar-refractivity contribution in [1.29, 1.82) is 0 Å². The Morgan fingerprint density at radius 1 is 1.17 bits per heavy atom. The van der Waals surface area contributed by atoms with Gasteiger partial charge >= 0.3 is 6.09 Å². The number of anilines is 2. The topological polar surface area (TPSA) is 129 Å². The summed E-state index contributed by atoms with van der Waals surface area (Å²) < 4.78 is 46.7. The minimum Gasteiger partial charge on any atom is -0.492 e. The van der Waals surface area contributed by atoms with E-state index in [0.717, 1.165) is 6.07 Å². The van der Waals surface area contributed by atoms with Gasteiger partial charge in [-0.25, -0.2) is 23.5 Å². The van der Waals surface area contributed by atoms with Crippen LogP contribution in [0.4, 0.5) is 25.1 Å². The van der Waals surface area contributed by atoms with E-state index >= 15 is 0 Å². The number of carbonyl (C=O) groups is 2. The minimum absolute atomic E-state index is 0.00250. The van der Waals surface area contributed by atoms with E-state index in [9.17, 15) is 18.4 Å². The van der Waals surface area contributed by atoms with Crippen molar-refractivity contribution in [2.75, 3.05) is 37.9 Å². The lowest BCUT2D eigenvalue weighted by Crippen LogP contribution is -2.36. The summed E-state index contributed by atoms with van der Waals surface area (Å²) in [6.45, 7) is 11.3. The molecule has 0 aliphatic carbocycles. The van der Waals surface area contributed by atoms with E-state index in [4.69, 9.17) is 19.9 Å². The largest absolute Gasteiger partial charge is 0.492 e. The average molecular weight is 584 g/mol. The third-order valence-corrected chi connectivity index (χ3v) is 6.72. The maximum absolute atomic E-state index is 15.0. The van der Waals surface area contributed by atoms with Crippen molar-refractivity contribution in [2.24, 2.45) is 0 Å². The van der Waals surface area contributed by atoms with Gasteiger partial charge in [0, 0.05) is 29.3 Å². The zero-order chi connectivity index (χ0) is 31.0. The Bertz CT molecular complexity index is 1540. The molecule has 42 heavy (non-hydrogen) atoms. The quantitative estimate of drug-likeness (QED) is 0.374. The van der Waals surface area contributed by atoms with Crippen molar-refractivity contribution in [1.82, 2.24) is 14.9 Å². The summed E-state index contributed by atoms with van der Waals surface area (Å²) in [6, 6.07) is 5.01. The minimum atomic E-state index is -0.771. The highest BCUT2D eigenvalue weighted by Gasteiger charge is 2.34. The second-order valence-corrected chi connectivity index (χ2v) is 11.8. The number of halogens is 2. The van der Waals surface area contributed by atoms with Crippen LogP contribution in [-0.4, -0.2) is 59.3 Å². The first-order valence-electron chi connectivity index (χ1n) is 13.3. The number of ether oxygens (including phenoxy) is 3. The molecule has 0 radical (unpaired) electrons. The Morgan fingerprint density at radius 2 is 1.88 bits per heavy atom. The number of rotatable bonds is 7. The molecule has 1 aliphatic rings. The van der Waals surface area contributed by atoms with Gasteiger partial charge in [-0.3, -0.25) is 4.79 Å². The molecule has 2 aromatic carbocycles. The molecule has 3 aromatic rings. The maximum atomic E-state index is 15.0. The fourth-order valence-corrected chi connectivity index (χ4v) is 4.39. The number of likely N-dealkylation sites (N-methyl/N-ethyl adjacent to an activating group) is 1. The Kier molecular flexibility index (Phi) is 8.29. The lowest BCUT2D eigenvalue weighted by molar-refractivity contribution is 0.0278. The van der Waals surface area contributed by atoms with E-state index < -0.39 is 29.2 Å². The predicted octanol–water partition coefficient (Wildman–Crippen LogP) is 5.48. The maximum Gasteiger partial charge on any atom is 0.410 e. The Balaban J connectivity index is 1.58. The Labute approximate surface area is 243 Å². The van der Waals surface area contributed by atoms with Crippen LogP contribution in [0.2, 0.25) is 0 Å². The number of fused-ring (bicyclic) bond motifs is 1. The molecule has 0 unspecified atom stereocenters. The lowest BCUT2D eigenvalue weighted by Gasteiger charge is -2.24. The predicted molar refractivity (Wildman–Crippen MR) is 154 cm³/mol. The van der Waals surface area contributed by atoms with Gasteiger partial charge in [-0.2, -0.15) is 0 Å². The summed E-state index contributed by atoms with van der Waals surface area (Å²) in [7, 11) is 1.56. The highest BCUT2D eigenvalue weighted by atomic mass is 19.1. The van der Waals surface area contributed by atoms with E-state index in [2.05, 4.69) is 15.3 Å². The molecule has 0 bridgehead atoms. The van der Waals surface area contributed by atoms with Crippen LogP contribution in [0, 0.1) is 18.6 Å². The van der Waals surface area contributed by atoms with E-state index in [1.807, 2.05) is 13.8 Å². The van der Waals surface area contributed by atoms with E-state index in [0.29, 0.717) is 23.5 Å². The number of amides is 2. The number of nitrogens with two attached hydrogens (primary N) is 1. The molecule has 10 nitrogen and oxygen atoms in total. The van der Waals surface area contributed by atoms with Gasteiger partial charge in [0.1, 0.15) is 41.6 Å².